The van der Waals surface area contributed by atoms with E-state index in [1.54, 1.807) is 0 Å². The van der Waals surface area contributed by atoms with Crippen molar-refractivity contribution in [3.63, 3.8) is 0 Å². The molecule has 0 bridgehead atoms. The number of likely N-dealkylation sites (N-methyl/N-ethyl adjacent to an activating group) is 1. The molecule has 0 radical (unpaired) electrons. The summed E-state index contributed by atoms with van der Waals surface area (Å²) in [5, 5.41) is 0. The number of fused-ring (bicyclic) bond motifs is 1. The highest BCUT2D eigenvalue weighted by Gasteiger charge is 2.23. The SMILES string of the molecule is CN1CCN(c2cc(-c3ccc4c(c3)CN(C(=O)Cc3ccc(N5CCCC5)nc3)CC4)nc(N)n2)CC1. The van der Waals surface area contributed by atoms with E-state index in [4.69, 9.17) is 5.73 Å². The topological polar surface area (TPSA) is 94.7 Å². The summed E-state index contributed by atoms with van der Waals surface area (Å²) in [5.41, 5.74) is 11.4. The van der Waals surface area contributed by atoms with Gasteiger partial charge in [0.25, 0.3) is 0 Å². The molecule has 5 heterocycles. The molecule has 9 nitrogen and oxygen atoms in total. The summed E-state index contributed by atoms with van der Waals surface area (Å²) >= 11 is 0. The lowest BCUT2D eigenvalue weighted by molar-refractivity contribution is -0.131. The maximum absolute atomic E-state index is 13.2. The predicted molar refractivity (Wildman–Crippen MR) is 150 cm³/mol. The monoisotopic (exact) mass is 512 g/mol. The molecule has 0 spiro atoms. The molecular formula is C29H36N8O. The van der Waals surface area contributed by atoms with Crippen molar-refractivity contribution in [3.05, 3.63) is 59.3 Å². The summed E-state index contributed by atoms with van der Waals surface area (Å²) in [7, 11) is 2.14. The Morgan fingerprint density at radius 1 is 0.868 bits per heavy atom. The maximum atomic E-state index is 13.2. The number of carbonyl (C=O) groups is 1. The molecule has 2 saturated heterocycles. The number of amides is 1. The van der Waals surface area contributed by atoms with Crippen LogP contribution in [0.3, 0.4) is 0 Å². The van der Waals surface area contributed by atoms with E-state index >= 15 is 0 Å². The molecule has 2 fully saturated rings. The second-order valence-electron chi connectivity index (χ2n) is 10.7. The molecule has 198 valence electrons. The first-order valence-electron chi connectivity index (χ1n) is 13.7. The average molecular weight is 513 g/mol. The fourth-order valence-electron chi connectivity index (χ4n) is 5.67. The number of benzene rings is 1. The Morgan fingerprint density at radius 2 is 1.66 bits per heavy atom. The fraction of sp³-hybridized carbons (Fsp3) is 0.448. The molecule has 0 unspecified atom stereocenters. The third kappa shape index (κ3) is 5.29. The molecule has 38 heavy (non-hydrogen) atoms. The van der Waals surface area contributed by atoms with Crippen molar-refractivity contribution in [3.8, 4) is 11.3 Å². The summed E-state index contributed by atoms with van der Waals surface area (Å²) in [6.45, 7) is 7.32. The highest BCUT2D eigenvalue weighted by Crippen LogP contribution is 2.28. The zero-order valence-electron chi connectivity index (χ0n) is 22.1. The van der Waals surface area contributed by atoms with Gasteiger partial charge in [0.15, 0.2) is 0 Å². The zero-order valence-corrected chi connectivity index (χ0v) is 22.1. The van der Waals surface area contributed by atoms with Crippen LogP contribution in [0.1, 0.15) is 29.5 Å². The zero-order chi connectivity index (χ0) is 26.1. The van der Waals surface area contributed by atoms with E-state index in [-0.39, 0.29) is 11.9 Å². The van der Waals surface area contributed by atoms with E-state index in [1.807, 2.05) is 23.2 Å². The molecule has 6 rings (SSSR count). The van der Waals surface area contributed by atoms with Crippen LogP contribution in [0.5, 0.6) is 0 Å². The lowest BCUT2D eigenvalue weighted by atomic mass is 9.96. The summed E-state index contributed by atoms with van der Waals surface area (Å²) in [6.07, 6.45) is 5.54. The fourth-order valence-corrected chi connectivity index (χ4v) is 5.67. The number of rotatable bonds is 5. The number of piperazine rings is 1. The smallest absolute Gasteiger partial charge is 0.227 e. The first-order valence-corrected chi connectivity index (χ1v) is 13.7. The van der Waals surface area contributed by atoms with E-state index < -0.39 is 0 Å². The van der Waals surface area contributed by atoms with Gasteiger partial charge in [0.05, 0.1) is 12.1 Å². The molecule has 9 heteroatoms. The molecule has 0 aliphatic carbocycles. The Hall–Kier alpha value is -3.72. The molecule has 3 aromatic rings. The van der Waals surface area contributed by atoms with Crippen LogP contribution >= 0.6 is 0 Å². The van der Waals surface area contributed by atoms with E-state index in [0.717, 1.165) is 80.7 Å². The lowest BCUT2D eigenvalue weighted by Gasteiger charge is -2.33. The van der Waals surface area contributed by atoms with E-state index in [2.05, 4.69) is 61.0 Å². The van der Waals surface area contributed by atoms with Gasteiger partial charge in [-0.1, -0.05) is 18.2 Å². The Labute approximate surface area is 224 Å². The van der Waals surface area contributed by atoms with Crippen molar-refractivity contribution in [1.29, 1.82) is 0 Å². The van der Waals surface area contributed by atoms with Crippen LogP contribution in [0.2, 0.25) is 0 Å². The van der Waals surface area contributed by atoms with Crippen molar-refractivity contribution < 1.29 is 4.79 Å². The molecular weight excluding hydrogens is 476 g/mol. The Morgan fingerprint density at radius 3 is 2.42 bits per heavy atom. The molecule has 1 amide bonds. The van der Waals surface area contributed by atoms with E-state index in [9.17, 15) is 4.79 Å². The van der Waals surface area contributed by atoms with Crippen molar-refractivity contribution in [2.24, 2.45) is 0 Å². The number of carbonyl (C=O) groups excluding carboxylic acids is 1. The van der Waals surface area contributed by atoms with Gasteiger partial charge >= 0.3 is 0 Å². The molecule has 0 saturated carbocycles. The third-order valence-corrected chi connectivity index (χ3v) is 8.02. The number of nitrogens with two attached hydrogens (primary N) is 1. The number of hydrogen-bond acceptors (Lipinski definition) is 8. The van der Waals surface area contributed by atoms with Gasteiger partial charge in [-0.3, -0.25) is 4.79 Å². The van der Waals surface area contributed by atoms with Gasteiger partial charge in [-0.05, 0) is 55.1 Å². The van der Waals surface area contributed by atoms with Crippen LogP contribution in [0.15, 0.2) is 42.6 Å². The van der Waals surface area contributed by atoms with Crippen LogP contribution in [0, 0.1) is 0 Å². The minimum atomic E-state index is 0.139. The minimum Gasteiger partial charge on any atom is -0.368 e. The van der Waals surface area contributed by atoms with Crippen LogP contribution < -0.4 is 15.5 Å². The number of nitrogens with zero attached hydrogens (tertiary/aromatic N) is 7. The quantitative estimate of drug-likeness (QED) is 0.558. The van der Waals surface area contributed by atoms with Crippen molar-refractivity contribution in [1.82, 2.24) is 24.8 Å². The van der Waals surface area contributed by atoms with Gasteiger partial charge in [-0.25, -0.2) is 9.97 Å². The normalized spacial score (nSPS) is 18.1. The van der Waals surface area contributed by atoms with Crippen LogP contribution in [0.4, 0.5) is 17.6 Å². The number of anilines is 3. The number of aromatic nitrogens is 3. The third-order valence-electron chi connectivity index (χ3n) is 8.02. The van der Waals surface area contributed by atoms with Crippen LogP contribution in [-0.2, 0) is 24.2 Å². The van der Waals surface area contributed by atoms with Gasteiger partial charge in [0.2, 0.25) is 11.9 Å². The number of pyridine rings is 1. The number of hydrogen-bond donors (Lipinski definition) is 1. The standard InChI is InChI=1S/C29H36N8O/c1-34-12-14-36(15-13-34)27-18-25(32-29(30)33-27)23-6-5-22-8-11-37(20-24(22)17-23)28(38)16-21-4-7-26(31-19-21)35-9-2-3-10-35/h4-7,17-19H,2-3,8-16,20H2,1H3,(H2,30,32,33). The van der Waals surface area contributed by atoms with Gasteiger partial charge in [0.1, 0.15) is 11.6 Å². The van der Waals surface area contributed by atoms with Crippen LogP contribution in [-0.4, -0.2) is 83.5 Å². The largest absolute Gasteiger partial charge is 0.368 e. The average Bonchev–Trinajstić information content (AvgIpc) is 3.48. The maximum Gasteiger partial charge on any atom is 0.227 e. The second-order valence-corrected chi connectivity index (χ2v) is 10.7. The highest BCUT2D eigenvalue weighted by atomic mass is 16.2. The Balaban J connectivity index is 1.15. The number of nitrogen functional groups attached to an aromatic ring is 1. The molecule has 2 N–H and O–H groups in total. The molecule has 0 atom stereocenters. The summed E-state index contributed by atoms with van der Waals surface area (Å²) < 4.78 is 0. The first kappa shape index (κ1) is 24.6. The summed E-state index contributed by atoms with van der Waals surface area (Å²) in [6, 6.07) is 12.6. The molecule has 3 aliphatic heterocycles. The summed E-state index contributed by atoms with van der Waals surface area (Å²) in [4.78, 5) is 35.7. The van der Waals surface area contributed by atoms with E-state index in [1.165, 1.54) is 24.0 Å². The van der Waals surface area contributed by atoms with Gasteiger partial charge < -0.3 is 25.3 Å². The first-order chi connectivity index (χ1) is 18.5. The van der Waals surface area contributed by atoms with Gasteiger partial charge in [-0.2, -0.15) is 4.98 Å². The van der Waals surface area contributed by atoms with Crippen molar-refractivity contribution >= 4 is 23.5 Å². The highest BCUT2D eigenvalue weighted by molar-refractivity contribution is 5.79. The van der Waals surface area contributed by atoms with E-state index in [0.29, 0.717) is 13.0 Å². The second kappa shape index (κ2) is 10.6. The van der Waals surface area contributed by atoms with Gasteiger partial charge in [0, 0.05) is 70.2 Å². The Bertz CT molecular complexity index is 1300. The van der Waals surface area contributed by atoms with Crippen LogP contribution in [0.25, 0.3) is 11.3 Å². The van der Waals surface area contributed by atoms with Crippen molar-refractivity contribution in [2.45, 2.75) is 32.2 Å². The van der Waals surface area contributed by atoms with Gasteiger partial charge in [-0.15, -0.1) is 0 Å². The Kier molecular flexibility index (Phi) is 6.84. The predicted octanol–water partition coefficient (Wildman–Crippen LogP) is 2.60. The minimum absolute atomic E-state index is 0.139. The molecule has 3 aliphatic rings. The molecule has 2 aromatic heterocycles. The van der Waals surface area contributed by atoms with Crippen molar-refractivity contribution in [2.75, 3.05) is 68.4 Å². The molecule has 1 aromatic carbocycles. The summed E-state index contributed by atoms with van der Waals surface area (Å²) in [5.74, 6) is 2.31. The lowest BCUT2D eigenvalue weighted by Crippen LogP contribution is -2.44.